The fourth-order valence-electron chi connectivity index (χ4n) is 3.52. The minimum absolute atomic E-state index is 0.0569. The van der Waals surface area contributed by atoms with Crippen LogP contribution < -0.4 is 4.90 Å². The molecule has 30 heavy (non-hydrogen) atoms. The van der Waals surface area contributed by atoms with Gasteiger partial charge in [0, 0.05) is 38.8 Å². The summed E-state index contributed by atoms with van der Waals surface area (Å²) < 4.78 is 86.5. The van der Waals surface area contributed by atoms with Gasteiger partial charge in [0.1, 0.15) is 5.82 Å². The zero-order valence-electron chi connectivity index (χ0n) is 16.1. The summed E-state index contributed by atoms with van der Waals surface area (Å²) in [5.74, 6) is -5.02. The largest absolute Gasteiger partial charge is 0.490 e. The minimum atomic E-state index is -5.08. The quantitative estimate of drug-likeness (QED) is 0.699. The topological polar surface area (TPSA) is 90.8 Å². The highest BCUT2D eigenvalue weighted by atomic mass is 32.2. The van der Waals surface area contributed by atoms with Gasteiger partial charge >= 0.3 is 12.1 Å². The van der Waals surface area contributed by atoms with E-state index in [1.807, 2.05) is 11.0 Å². The van der Waals surface area contributed by atoms with E-state index in [1.165, 1.54) is 4.31 Å². The van der Waals surface area contributed by atoms with E-state index in [1.54, 1.807) is 25.3 Å². The van der Waals surface area contributed by atoms with Crippen LogP contribution >= 0.6 is 0 Å². The number of sulfonamides is 1. The molecule has 0 aromatic carbocycles. The van der Waals surface area contributed by atoms with E-state index in [0.717, 1.165) is 0 Å². The normalized spacial score (nSPS) is 24.4. The van der Waals surface area contributed by atoms with Crippen LogP contribution in [0.5, 0.6) is 0 Å². The van der Waals surface area contributed by atoms with Crippen LogP contribution in [0.1, 0.15) is 19.8 Å². The van der Waals surface area contributed by atoms with E-state index in [2.05, 4.69) is 4.98 Å². The number of carbonyl (C=O) groups is 1. The smallest absolute Gasteiger partial charge is 0.475 e. The van der Waals surface area contributed by atoms with Gasteiger partial charge < -0.3 is 10.0 Å². The van der Waals surface area contributed by atoms with Crippen molar-refractivity contribution >= 4 is 21.8 Å². The molecule has 0 saturated carbocycles. The highest BCUT2D eigenvalue weighted by Gasteiger charge is 2.60. The Hall–Kier alpha value is -2.02. The molecule has 1 atom stereocenters. The summed E-state index contributed by atoms with van der Waals surface area (Å²) in [7, 11) is -3.45. The Bertz CT molecular complexity index is 851. The molecule has 0 amide bonds. The summed E-state index contributed by atoms with van der Waals surface area (Å²) in [5, 5.41) is 7.12. The number of hydrogen-bond acceptors (Lipinski definition) is 5. The second kappa shape index (κ2) is 8.61. The van der Waals surface area contributed by atoms with Crippen LogP contribution in [0.2, 0.25) is 0 Å². The lowest BCUT2D eigenvalue weighted by Gasteiger charge is -2.45. The summed E-state index contributed by atoms with van der Waals surface area (Å²) in [4.78, 5) is 14.9. The van der Waals surface area contributed by atoms with Gasteiger partial charge in [0.15, 0.2) is 0 Å². The van der Waals surface area contributed by atoms with Crippen LogP contribution in [0, 0.1) is 5.41 Å². The van der Waals surface area contributed by atoms with Gasteiger partial charge in [0.05, 0.1) is 11.2 Å². The molecular weight excluding hydrogens is 437 g/mol. The molecule has 1 spiro atoms. The number of aromatic nitrogens is 1. The van der Waals surface area contributed by atoms with Crippen molar-refractivity contribution in [3.05, 3.63) is 24.4 Å². The van der Waals surface area contributed by atoms with Crippen LogP contribution in [0.15, 0.2) is 24.4 Å². The van der Waals surface area contributed by atoms with Crippen molar-refractivity contribution in [3.63, 3.8) is 0 Å². The maximum Gasteiger partial charge on any atom is 0.490 e. The van der Waals surface area contributed by atoms with Crippen molar-refractivity contribution in [2.75, 3.05) is 36.8 Å². The zero-order chi connectivity index (χ0) is 22.8. The number of alkyl halides is 5. The van der Waals surface area contributed by atoms with Crippen molar-refractivity contribution in [1.29, 1.82) is 0 Å². The number of hydrogen-bond donors (Lipinski definition) is 1. The van der Waals surface area contributed by atoms with Crippen molar-refractivity contribution in [3.8, 4) is 0 Å². The first-order valence-electron chi connectivity index (χ1n) is 9.06. The lowest BCUT2D eigenvalue weighted by atomic mass is 9.76. The van der Waals surface area contributed by atoms with E-state index in [9.17, 15) is 30.4 Å². The number of nitrogens with zero attached hydrogens (tertiary/aromatic N) is 3. The molecule has 3 heterocycles. The van der Waals surface area contributed by atoms with Crippen molar-refractivity contribution in [2.24, 2.45) is 5.41 Å². The Morgan fingerprint density at radius 1 is 1.20 bits per heavy atom. The van der Waals surface area contributed by atoms with Gasteiger partial charge in [-0.2, -0.15) is 13.2 Å². The van der Waals surface area contributed by atoms with E-state index in [0.29, 0.717) is 12.4 Å². The summed E-state index contributed by atoms with van der Waals surface area (Å²) in [6.07, 6.45) is -3.60. The highest BCUT2D eigenvalue weighted by Crippen LogP contribution is 2.50. The molecule has 0 radical (unpaired) electrons. The van der Waals surface area contributed by atoms with Gasteiger partial charge in [-0.15, -0.1) is 0 Å². The molecule has 2 aliphatic heterocycles. The third-order valence-corrected chi connectivity index (χ3v) is 7.09. The first kappa shape index (κ1) is 24.3. The van der Waals surface area contributed by atoms with E-state index in [-0.39, 0.29) is 31.8 Å². The second-order valence-electron chi connectivity index (χ2n) is 7.13. The van der Waals surface area contributed by atoms with Crippen LogP contribution in [0.25, 0.3) is 0 Å². The third-order valence-electron chi connectivity index (χ3n) is 5.26. The van der Waals surface area contributed by atoms with Gasteiger partial charge in [0.2, 0.25) is 10.0 Å². The molecule has 13 heteroatoms. The number of rotatable bonds is 3. The summed E-state index contributed by atoms with van der Waals surface area (Å²) in [6.45, 7) is 1.93. The summed E-state index contributed by atoms with van der Waals surface area (Å²) in [5.41, 5.74) is -1.33. The molecular formula is C17H22F5N3O4S. The van der Waals surface area contributed by atoms with E-state index in [4.69, 9.17) is 9.90 Å². The monoisotopic (exact) mass is 459 g/mol. The zero-order valence-corrected chi connectivity index (χ0v) is 16.9. The molecule has 0 aliphatic carbocycles. The fourth-order valence-corrected chi connectivity index (χ4v) is 4.70. The third kappa shape index (κ3) is 5.17. The Labute approximate surface area is 170 Å². The predicted molar refractivity (Wildman–Crippen MR) is 97.8 cm³/mol. The van der Waals surface area contributed by atoms with Gasteiger partial charge in [-0.3, -0.25) is 0 Å². The van der Waals surface area contributed by atoms with Gasteiger partial charge in [-0.1, -0.05) is 6.07 Å². The number of carboxylic acid groups (broad SMARTS) is 1. The van der Waals surface area contributed by atoms with Gasteiger partial charge in [0.25, 0.3) is 5.92 Å². The number of aliphatic carboxylic acids is 1. The average molecular weight is 459 g/mol. The van der Waals surface area contributed by atoms with E-state index >= 15 is 0 Å². The van der Waals surface area contributed by atoms with Crippen molar-refractivity contribution in [2.45, 2.75) is 31.9 Å². The highest BCUT2D eigenvalue weighted by molar-refractivity contribution is 7.89. The Morgan fingerprint density at radius 3 is 2.33 bits per heavy atom. The molecule has 1 aromatic rings. The fraction of sp³-hybridized carbons (Fsp3) is 0.647. The van der Waals surface area contributed by atoms with Gasteiger partial charge in [-0.25, -0.2) is 31.3 Å². The van der Waals surface area contributed by atoms with Crippen molar-refractivity contribution < 1.29 is 40.3 Å². The Balaban J connectivity index is 0.000000396. The predicted octanol–water partition coefficient (Wildman–Crippen LogP) is 2.60. The maximum absolute atomic E-state index is 14.7. The molecule has 1 unspecified atom stereocenters. The molecule has 7 nitrogen and oxygen atoms in total. The molecule has 2 saturated heterocycles. The molecule has 3 rings (SSSR count). The number of carboxylic acids is 1. The van der Waals surface area contributed by atoms with Crippen LogP contribution in [0.3, 0.4) is 0 Å². The standard InChI is InChI=1S/C15H21F2N3O2S.C2HF3O2/c1-2-23(21,22)20-10-7-15(16,17)14(12-20)6-9-19(11-14)13-5-3-4-8-18-13;3-2(4,5)1(6)7/h3-5,8H,2,6-7,9-12H2,1H3;(H,6,7). The lowest BCUT2D eigenvalue weighted by Crippen LogP contribution is -2.58. The second-order valence-corrected chi connectivity index (χ2v) is 9.39. The van der Waals surface area contributed by atoms with Crippen LogP contribution in [-0.2, 0) is 14.8 Å². The van der Waals surface area contributed by atoms with E-state index < -0.39 is 39.9 Å². The van der Waals surface area contributed by atoms with Crippen LogP contribution in [0.4, 0.5) is 27.8 Å². The molecule has 1 N–H and O–H groups in total. The molecule has 1 aromatic heterocycles. The minimum Gasteiger partial charge on any atom is -0.475 e. The number of piperidine rings is 1. The van der Waals surface area contributed by atoms with Gasteiger partial charge in [-0.05, 0) is 25.5 Å². The average Bonchev–Trinajstić information content (AvgIpc) is 3.10. The molecule has 2 fully saturated rings. The molecule has 170 valence electrons. The summed E-state index contributed by atoms with van der Waals surface area (Å²) in [6, 6.07) is 5.39. The number of anilines is 1. The van der Waals surface area contributed by atoms with Crippen LogP contribution in [-0.4, -0.2) is 72.8 Å². The lowest BCUT2D eigenvalue weighted by molar-refractivity contribution is -0.192. The summed E-state index contributed by atoms with van der Waals surface area (Å²) >= 11 is 0. The SMILES string of the molecule is CCS(=O)(=O)N1CCC(F)(F)C2(CCN(c3ccccn3)C2)C1.O=C(O)C(F)(F)F. The van der Waals surface area contributed by atoms with Crippen molar-refractivity contribution in [1.82, 2.24) is 9.29 Å². The first-order valence-corrected chi connectivity index (χ1v) is 10.7. The Morgan fingerprint density at radius 2 is 1.83 bits per heavy atom. The molecule has 0 bridgehead atoms. The molecule has 2 aliphatic rings. The number of pyridine rings is 1. The Kier molecular flexibility index (Phi) is 6.96. The first-order chi connectivity index (χ1) is 13.7. The number of halogens is 5. The maximum atomic E-state index is 14.7.